The topological polar surface area (TPSA) is 62.5 Å². The average Bonchev–Trinajstić information content (AvgIpc) is 3.03. The van der Waals surface area contributed by atoms with Crippen molar-refractivity contribution < 1.29 is 14.3 Å². The summed E-state index contributed by atoms with van der Waals surface area (Å²) in [6.07, 6.45) is 3.66. The molecule has 2 unspecified atom stereocenters. The smallest absolute Gasteiger partial charge is 0.227 e. The molecule has 1 heterocycles. The number of aliphatic hydroxyl groups excluding tert-OH is 1. The predicted octanol–water partition coefficient (Wildman–Crippen LogP) is 3.01. The molecule has 0 radical (unpaired) electrons. The standard InChI is InChI=1S/C17H21NO3/c1-2-15(13-6-4-3-5-7-13)17(20)18-10-8-16(19)14-9-11-21-12-14/h3-7,9,11-12,15-16,19H,2,8,10H2,1H3,(H,18,20). The number of hydrogen-bond acceptors (Lipinski definition) is 3. The summed E-state index contributed by atoms with van der Waals surface area (Å²) in [4.78, 5) is 12.2. The molecule has 2 N–H and O–H groups in total. The van der Waals surface area contributed by atoms with Crippen LogP contribution in [0.4, 0.5) is 0 Å². The van der Waals surface area contributed by atoms with Crippen LogP contribution in [0.25, 0.3) is 0 Å². The fourth-order valence-electron chi connectivity index (χ4n) is 2.34. The van der Waals surface area contributed by atoms with Crippen molar-refractivity contribution in [1.82, 2.24) is 5.32 Å². The van der Waals surface area contributed by atoms with Crippen molar-refractivity contribution in [3.05, 3.63) is 60.1 Å². The van der Waals surface area contributed by atoms with Gasteiger partial charge in [0.2, 0.25) is 5.91 Å². The Morgan fingerprint density at radius 3 is 2.62 bits per heavy atom. The van der Waals surface area contributed by atoms with Crippen molar-refractivity contribution in [2.24, 2.45) is 0 Å². The predicted molar refractivity (Wildman–Crippen MR) is 80.8 cm³/mol. The van der Waals surface area contributed by atoms with Crippen molar-refractivity contribution in [3.8, 4) is 0 Å². The first kappa shape index (κ1) is 15.3. The van der Waals surface area contributed by atoms with Gasteiger partial charge in [-0.25, -0.2) is 0 Å². The zero-order valence-electron chi connectivity index (χ0n) is 12.2. The number of nitrogens with one attached hydrogen (secondary N) is 1. The quantitative estimate of drug-likeness (QED) is 0.823. The van der Waals surface area contributed by atoms with Crippen molar-refractivity contribution in [1.29, 1.82) is 0 Å². The van der Waals surface area contributed by atoms with Crippen molar-refractivity contribution in [2.45, 2.75) is 31.8 Å². The molecule has 0 bridgehead atoms. The first-order chi connectivity index (χ1) is 10.2. The number of amides is 1. The third-order valence-corrected chi connectivity index (χ3v) is 3.57. The maximum Gasteiger partial charge on any atom is 0.227 e. The van der Waals surface area contributed by atoms with Gasteiger partial charge in [0.15, 0.2) is 0 Å². The second-order valence-corrected chi connectivity index (χ2v) is 5.02. The highest BCUT2D eigenvalue weighted by Crippen LogP contribution is 2.20. The minimum atomic E-state index is -0.610. The summed E-state index contributed by atoms with van der Waals surface area (Å²) >= 11 is 0. The van der Waals surface area contributed by atoms with E-state index in [2.05, 4.69) is 5.32 Å². The first-order valence-corrected chi connectivity index (χ1v) is 7.25. The average molecular weight is 287 g/mol. The fraction of sp³-hybridized carbons (Fsp3) is 0.353. The molecule has 2 atom stereocenters. The summed E-state index contributed by atoms with van der Waals surface area (Å²) in [5.74, 6) is -0.139. The van der Waals surface area contributed by atoms with E-state index in [1.807, 2.05) is 37.3 Å². The van der Waals surface area contributed by atoms with Crippen LogP contribution >= 0.6 is 0 Å². The van der Waals surface area contributed by atoms with Crippen LogP contribution in [0.3, 0.4) is 0 Å². The normalized spacial score (nSPS) is 13.6. The Labute approximate surface area is 124 Å². The number of carbonyl (C=O) groups excluding carboxylic acids is 1. The lowest BCUT2D eigenvalue weighted by Crippen LogP contribution is -2.30. The molecule has 2 rings (SSSR count). The van der Waals surface area contributed by atoms with Crippen LogP contribution in [0.1, 0.15) is 42.9 Å². The molecule has 4 nitrogen and oxygen atoms in total. The molecule has 0 aliphatic heterocycles. The molecule has 2 aromatic rings. The Morgan fingerprint density at radius 2 is 2.00 bits per heavy atom. The van der Waals surface area contributed by atoms with Crippen LogP contribution in [0.5, 0.6) is 0 Å². The number of carbonyl (C=O) groups is 1. The summed E-state index contributed by atoms with van der Waals surface area (Å²) in [7, 11) is 0. The lowest BCUT2D eigenvalue weighted by atomic mass is 9.95. The maximum absolute atomic E-state index is 12.2. The van der Waals surface area contributed by atoms with Crippen molar-refractivity contribution in [2.75, 3.05) is 6.54 Å². The summed E-state index contributed by atoms with van der Waals surface area (Å²) in [5, 5.41) is 12.8. The zero-order valence-corrected chi connectivity index (χ0v) is 12.2. The molecule has 0 fully saturated rings. The zero-order chi connectivity index (χ0) is 15.1. The monoisotopic (exact) mass is 287 g/mol. The van der Waals surface area contributed by atoms with Crippen LogP contribution < -0.4 is 5.32 Å². The molecule has 0 spiro atoms. The highest BCUT2D eigenvalue weighted by molar-refractivity contribution is 5.83. The van der Waals surface area contributed by atoms with Crippen LogP contribution in [-0.4, -0.2) is 17.6 Å². The molecule has 1 aromatic carbocycles. The van der Waals surface area contributed by atoms with E-state index < -0.39 is 6.10 Å². The highest BCUT2D eigenvalue weighted by Gasteiger charge is 2.18. The molecule has 0 aliphatic carbocycles. The second kappa shape index (κ2) is 7.64. The number of hydrogen-bond donors (Lipinski definition) is 2. The second-order valence-electron chi connectivity index (χ2n) is 5.02. The van der Waals surface area contributed by atoms with Crippen molar-refractivity contribution in [3.63, 3.8) is 0 Å². The Kier molecular flexibility index (Phi) is 5.58. The summed E-state index contributed by atoms with van der Waals surface area (Å²) in [6, 6.07) is 11.5. The number of benzene rings is 1. The van der Waals surface area contributed by atoms with E-state index in [0.29, 0.717) is 13.0 Å². The Balaban J connectivity index is 1.83. The van der Waals surface area contributed by atoms with Gasteiger partial charge in [0, 0.05) is 12.1 Å². The number of aliphatic hydroxyl groups is 1. The van der Waals surface area contributed by atoms with Gasteiger partial charge in [-0.3, -0.25) is 4.79 Å². The third kappa shape index (κ3) is 4.20. The van der Waals surface area contributed by atoms with E-state index >= 15 is 0 Å². The Morgan fingerprint density at radius 1 is 1.24 bits per heavy atom. The summed E-state index contributed by atoms with van der Waals surface area (Å²) in [6.45, 7) is 2.44. The van der Waals surface area contributed by atoms with Gasteiger partial charge in [0.05, 0.1) is 24.5 Å². The molecule has 1 aromatic heterocycles. The minimum Gasteiger partial charge on any atom is -0.472 e. The lowest BCUT2D eigenvalue weighted by Gasteiger charge is -2.16. The van der Waals surface area contributed by atoms with Gasteiger partial charge in [-0.1, -0.05) is 37.3 Å². The Bertz CT molecular complexity index is 536. The minimum absolute atomic E-state index is 0.00286. The lowest BCUT2D eigenvalue weighted by molar-refractivity contribution is -0.122. The van der Waals surface area contributed by atoms with E-state index in [0.717, 1.165) is 17.5 Å². The molecule has 0 saturated carbocycles. The van der Waals surface area contributed by atoms with Gasteiger partial charge in [0.25, 0.3) is 0 Å². The largest absolute Gasteiger partial charge is 0.472 e. The molecular formula is C17H21NO3. The molecule has 21 heavy (non-hydrogen) atoms. The van der Waals surface area contributed by atoms with E-state index in [1.54, 1.807) is 6.07 Å². The van der Waals surface area contributed by atoms with Gasteiger partial charge < -0.3 is 14.8 Å². The van der Waals surface area contributed by atoms with Gasteiger partial charge in [-0.2, -0.15) is 0 Å². The van der Waals surface area contributed by atoms with Crippen molar-refractivity contribution >= 4 is 5.91 Å². The van der Waals surface area contributed by atoms with Gasteiger partial charge >= 0.3 is 0 Å². The third-order valence-electron chi connectivity index (χ3n) is 3.57. The fourth-order valence-corrected chi connectivity index (χ4v) is 2.34. The maximum atomic E-state index is 12.2. The van der Waals surface area contributed by atoms with Crippen LogP contribution in [0.15, 0.2) is 53.3 Å². The van der Waals surface area contributed by atoms with E-state index in [-0.39, 0.29) is 11.8 Å². The molecule has 1 amide bonds. The van der Waals surface area contributed by atoms with Crippen LogP contribution in [-0.2, 0) is 4.79 Å². The van der Waals surface area contributed by atoms with Crippen LogP contribution in [0.2, 0.25) is 0 Å². The summed E-state index contributed by atoms with van der Waals surface area (Å²) < 4.78 is 4.93. The molecular weight excluding hydrogens is 266 g/mol. The SMILES string of the molecule is CCC(C(=O)NCCC(O)c1ccoc1)c1ccccc1. The van der Waals surface area contributed by atoms with E-state index in [1.165, 1.54) is 12.5 Å². The van der Waals surface area contributed by atoms with E-state index in [9.17, 15) is 9.90 Å². The molecule has 4 heteroatoms. The van der Waals surface area contributed by atoms with Crippen LogP contribution in [0, 0.1) is 0 Å². The number of furan rings is 1. The molecule has 0 aliphatic rings. The first-order valence-electron chi connectivity index (χ1n) is 7.25. The Hall–Kier alpha value is -2.07. The number of rotatable bonds is 7. The summed E-state index contributed by atoms with van der Waals surface area (Å²) in [5.41, 5.74) is 1.76. The highest BCUT2D eigenvalue weighted by atomic mass is 16.3. The molecule has 0 saturated heterocycles. The van der Waals surface area contributed by atoms with Gasteiger partial charge in [0.1, 0.15) is 0 Å². The molecule has 112 valence electrons. The van der Waals surface area contributed by atoms with Gasteiger partial charge in [-0.15, -0.1) is 0 Å². The van der Waals surface area contributed by atoms with Gasteiger partial charge in [-0.05, 0) is 24.5 Å². The van der Waals surface area contributed by atoms with E-state index in [4.69, 9.17) is 4.42 Å².